The molecule has 0 fully saturated rings. The van der Waals surface area contributed by atoms with E-state index in [1.807, 2.05) is 58.0 Å². The molecule has 72 valence electrons. The second kappa shape index (κ2) is 3.15. The first-order valence-electron chi connectivity index (χ1n) is 4.63. The van der Waals surface area contributed by atoms with Gasteiger partial charge < -0.3 is 5.11 Å². The molecule has 1 aromatic rings. The van der Waals surface area contributed by atoms with Gasteiger partial charge in [0.2, 0.25) is 0 Å². The highest BCUT2D eigenvalue weighted by Crippen LogP contribution is 2.38. The quantitative estimate of drug-likeness (QED) is 0.701. The van der Waals surface area contributed by atoms with E-state index in [4.69, 9.17) is 0 Å². The molecule has 1 N–H and O–H groups in total. The van der Waals surface area contributed by atoms with Crippen LogP contribution >= 0.6 is 0 Å². The van der Waals surface area contributed by atoms with Crippen LogP contribution in [0.1, 0.15) is 33.3 Å². The highest BCUT2D eigenvalue weighted by Gasteiger charge is 2.36. The molecule has 0 amide bonds. The summed E-state index contributed by atoms with van der Waals surface area (Å²) in [6.45, 7) is 7.99. The number of aliphatic hydroxyl groups is 1. The third kappa shape index (κ3) is 1.92. The van der Waals surface area contributed by atoms with Crippen LogP contribution in [0.2, 0.25) is 0 Å². The van der Waals surface area contributed by atoms with Gasteiger partial charge in [0.1, 0.15) is 0 Å². The topological polar surface area (TPSA) is 20.2 Å². The normalized spacial score (nSPS) is 16.7. The molecule has 0 aliphatic carbocycles. The summed E-state index contributed by atoms with van der Waals surface area (Å²) in [5, 5.41) is 10.3. The second-order valence-electron chi connectivity index (χ2n) is 4.69. The first-order valence-corrected chi connectivity index (χ1v) is 4.63. The maximum atomic E-state index is 10.3. The van der Waals surface area contributed by atoms with Crippen molar-refractivity contribution in [2.24, 2.45) is 5.41 Å². The van der Waals surface area contributed by atoms with Crippen molar-refractivity contribution < 1.29 is 5.11 Å². The summed E-state index contributed by atoms with van der Waals surface area (Å²) in [6, 6.07) is 9.80. The summed E-state index contributed by atoms with van der Waals surface area (Å²) in [4.78, 5) is 0. The summed E-state index contributed by atoms with van der Waals surface area (Å²) in [5.41, 5.74) is 0.0605. The maximum absolute atomic E-state index is 10.3. The lowest BCUT2D eigenvalue weighted by Crippen LogP contribution is -2.36. The lowest BCUT2D eigenvalue weighted by molar-refractivity contribution is -0.0470. The molecule has 0 aromatic heterocycles. The molecule has 1 heteroatoms. The van der Waals surface area contributed by atoms with Crippen LogP contribution in [0, 0.1) is 5.41 Å². The number of benzene rings is 1. The average Bonchev–Trinajstić information content (AvgIpc) is 2.04. The van der Waals surface area contributed by atoms with Crippen molar-refractivity contribution in [3.63, 3.8) is 0 Å². The van der Waals surface area contributed by atoms with Gasteiger partial charge in [-0.3, -0.25) is 0 Å². The molecule has 13 heavy (non-hydrogen) atoms. The third-order valence-corrected chi connectivity index (χ3v) is 2.80. The minimum absolute atomic E-state index is 0.144. The van der Waals surface area contributed by atoms with E-state index in [-0.39, 0.29) is 5.41 Å². The van der Waals surface area contributed by atoms with E-state index >= 15 is 0 Å². The molecule has 0 radical (unpaired) electrons. The van der Waals surface area contributed by atoms with E-state index in [2.05, 4.69) is 0 Å². The zero-order chi connectivity index (χ0) is 10.1. The van der Waals surface area contributed by atoms with E-state index in [0.29, 0.717) is 0 Å². The molecule has 0 aliphatic heterocycles. The van der Waals surface area contributed by atoms with Crippen molar-refractivity contribution in [1.82, 2.24) is 0 Å². The fraction of sp³-hybridized carbons (Fsp3) is 0.500. The van der Waals surface area contributed by atoms with E-state index in [1.165, 1.54) is 0 Å². The maximum Gasteiger partial charge on any atom is 0.0916 e. The smallest absolute Gasteiger partial charge is 0.0916 e. The zero-order valence-corrected chi connectivity index (χ0v) is 8.83. The van der Waals surface area contributed by atoms with Gasteiger partial charge in [-0.2, -0.15) is 0 Å². The predicted octanol–water partition coefficient (Wildman–Crippen LogP) is 2.94. The highest BCUT2D eigenvalue weighted by molar-refractivity contribution is 5.23. The van der Waals surface area contributed by atoms with Crippen LogP contribution in [0.15, 0.2) is 30.3 Å². The lowest BCUT2D eigenvalue weighted by atomic mass is 9.74. The van der Waals surface area contributed by atoms with Crippen molar-refractivity contribution >= 4 is 0 Å². The first-order chi connectivity index (χ1) is 5.86. The van der Waals surface area contributed by atoms with Crippen LogP contribution in [-0.4, -0.2) is 5.11 Å². The van der Waals surface area contributed by atoms with Crippen molar-refractivity contribution in [1.29, 1.82) is 0 Å². The molecule has 1 atom stereocenters. The van der Waals surface area contributed by atoms with Crippen LogP contribution in [0.3, 0.4) is 0 Å². The van der Waals surface area contributed by atoms with Gasteiger partial charge in [0.05, 0.1) is 5.60 Å². The number of hydrogen-bond donors (Lipinski definition) is 1. The Morgan fingerprint density at radius 3 is 1.77 bits per heavy atom. The van der Waals surface area contributed by atoms with E-state index < -0.39 is 5.60 Å². The van der Waals surface area contributed by atoms with Gasteiger partial charge in [-0.1, -0.05) is 51.1 Å². The van der Waals surface area contributed by atoms with Crippen molar-refractivity contribution in [2.75, 3.05) is 0 Å². The van der Waals surface area contributed by atoms with Gasteiger partial charge in [0.25, 0.3) is 0 Å². The monoisotopic (exact) mass is 178 g/mol. The van der Waals surface area contributed by atoms with Gasteiger partial charge in [-0.25, -0.2) is 0 Å². The molecule has 1 rings (SSSR count). The fourth-order valence-electron chi connectivity index (χ4n) is 1.20. The molecule has 1 nitrogen and oxygen atoms in total. The third-order valence-electron chi connectivity index (χ3n) is 2.80. The van der Waals surface area contributed by atoms with Crippen LogP contribution in [0.25, 0.3) is 0 Å². The number of rotatable bonds is 1. The molecule has 0 heterocycles. The molecular weight excluding hydrogens is 160 g/mol. The Morgan fingerprint density at radius 2 is 1.38 bits per heavy atom. The SMILES string of the molecule is CC(C)(C)C(C)(O)c1ccccc1. The molecule has 0 spiro atoms. The van der Waals surface area contributed by atoms with Gasteiger partial charge in [0, 0.05) is 0 Å². The molecular formula is C12H18O. The molecule has 0 aliphatic rings. The Morgan fingerprint density at radius 1 is 0.923 bits per heavy atom. The minimum atomic E-state index is -0.770. The predicted molar refractivity (Wildman–Crippen MR) is 55.5 cm³/mol. The van der Waals surface area contributed by atoms with Crippen LogP contribution in [0.4, 0.5) is 0 Å². The van der Waals surface area contributed by atoms with E-state index in [0.717, 1.165) is 5.56 Å². The summed E-state index contributed by atoms with van der Waals surface area (Å²) in [7, 11) is 0. The minimum Gasteiger partial charge on any atom is -0.385 e. The fourth-order valence-corrected chi connectivity index (χ4v) is 1.20. The molecule has 0 saturated carbocycles. The molecule has 1 unspecified atom stereocenters. The Kier molecular flexibility index (Phi) is 2.49. The summed E-state index contributed by atoms with van der Waals surface area (Å²) >= 11 is 0. The molecule has 0 bridgehead atoms. The van der Waals surface area contributed by atoms with Crippen LogP contribution in [0.5, 0.6) is 0 Å². The van der Waals surface area contributed by atoms with Gasteiger partial charge in [-0.05, 0) is 17.9 Å². The largest absolute Gasteiger partial charge is 0.385 e. The van der Waals surface area contributed by atoms with Crippen molar-refractivity contribution in [3.8, 4) is 0 Å². The Balaban J connectivity index is 3.08. The highest BCUT2D eigenvalue weighted by atomic mass is 16.3. The molecule has 0 saturated heterocycles. The summed E-state index contributed by atoms with van der Waals surface area (Å²) in [6.07, 6.45) is 0. The average molecular weight is 178 g/mol. The van der Waals surface area contributed by atoms with E-state index in [9.17, 15) is 5.11 Å². The van der Waals surface area contributed by atoms with Gasteiger partial charge in [0.15, 0.2) is 0 Å². The van der Waals surface area contributed by atoms with Crippen LogP contribution in [-0.2, 0) is 5.60 Å². The Labute approximate surface area is 80.4 Å². The summed E-state index contributed by atoms with van der Waals surface area (Å²) < 4.78 is 0. The van der Waals surface area contributed by atoms with Gasteiger partial charge >= 0.3 is 0 Å². The van der Waals surface area contributed by atoms with Crippen molar-refractivity contribution in [3.05, 3.63) is 35.9 Å². The van der Waals surface area contributed by atoms with Crippen LogP contribution < -0.4 is 0 Å². The lowest BCUT2D eigenvalue weighted by Gasteiger charge is -2.37. The second-order valence-corrected chi connectivity index (χ2v) is 4.69. The molecule has 1 aromatic carbocycles. The summed E-state index contributed by atoms with van der Waals surface area (Å²) in [5.74, 6) is 0. The first kappa shape index (κ1) is 10.3. The Hall–Kier alpha value is -0.820. The number of hydrogen-bond acceptors (Lipinski definition) is 1. The van der Waals surface area contributed by atoms with Crippen molar-refractivity contribution in [2.45, 2.75) is 33.3 Å². The van der Waals surface area contributed by atoms with Gasteiger partial charge in [-0.15, -0.1) is 0 Å². The van der Waals surface area contributed by atoms with E-state index in [1.54, 1.807) is 0 Å². The standard InChI is InChI=1S/C12H18O/c1-11(2,3)12(4,13)10-8-6-5-7-9-10/h5-9,13H,1-4H3. The Bertz CT molecular complexity index is 267. The zero-order valence-electron chi connectivity index (χ0n) is 8.83.